The maximum absolute atomic E-state index is 12.2. The first-order valence-electron chi connectivity index (χ1n) is 8.84. The lowest BCUT2D eigenvalue weighted by molar-refractivity contribution is -0.124. The minimum atomic E-state index is -0.507. The van der Waals surface area contributed by atoms with Gasteiger partial charge in [0.2, 0.25) is 5.91 Å². The SMILES string of the molecule is CCCOc1ccc2ccccc2c1CN(C)C(C)C(=O)NC(=O)NC. The van der Waals surface area contributed by atoms with Gasteiger partial charge in [-0.25, -0.2) is 4.79 Å². The van der Waals surface area contributed by atoms with Crippen LogP contribution in [-0.4, -0.2) is 43.6 Å². The fourth-order valence-corrected chi connectivity index (χ4v) is 2.69. The van der Waals surface area contributed by atoms with E-state index in [9.17, 15) is 9.59 Å². The molecule has 0 aliphatic rings. The number of urea groups is 1. The molecule has 0 spiro atoms. The lowest BCUT2D eigenvalue weighted by Gasteiger charge is -2.25. The predicted molar refractivity (Wildman–Crippen MR) is 103 cm³/mol. The molecular formula is C20H27N3O3. The Morgan fingerprint density at radius 3 is 2.62 bits per heavy atom. The number of hydrogen-bond donors (Lipinski definition) is 2. The number of carbonyl (C=O) groups excluding carboxylic acids is 2. The molecule has 0 heterocycles. The van der Waals surface area contributed by atoms with Gasteiger partial charge in [-0.3, -0.25) is 15.0 Å². The van der Waals surface area contributed by atoms with Crippen LogP contribution in [0.25, 0.3) is 10.8 Å². The van der Waals surface area contributed by atoms with Gasteiger partial charge in [0, 0.05) is 19.2 Å². The van der Waals surface area contributed by atoms with E-state index in [1.807, 2.05) is 36.2 Å². The third kappa shape index (κ3) is 4.73. The Hall–Kier alpha value is -2.60. The van der Waals surface area contributed by atoms with Gasteiger partial charge in [-0.05, 0) is 37.2 Å². The van der Waals surface area contributed by atoms with Gasteiger partial charge in [0.1, 0.15) is 5.75 Å². The standard InChI is InChI=1S/C20H27N3O3/c1-5-12-26-18-11-10-15-8-6-7-9-16(15)17(18)13-23(4)14(2)19(24)22-20(25)21-3/h6-11,14H,5,12-13H2,1-4H3,(H2,21,22,24,25). The van der Waals surface area contributed by atoms with E-state index in [1.165, 1.54) is 7.05 Å². The van der Waals surface area contributed by atoms with Gasteiger partial charge >= 0.3 is 6.03 Å². The Morgan fingerprint density at radius 1 is 1.19 bits per heavy atom. The highest BCUT2D eigenvalue weighted by Crippen LogP contribution is 2.29. The molecule has 2 aromatic rings. The van der Waals surface area contributed by atoms with Crippen LogP contribution in [0.3, 0.4) is 0 Å². The number of rotatable bonds is 7. The van der Waals surface area contributed by atoms with Crippen molar-refractivity contribution in [3.05, 3.63) is 42.0 Å². The van der Waals surface area contributed by atoms with Gasteiger partial charge in [0.25, 0.3) is 0 Å². The Bertz CT molecular complexity index is 776. The van der Waals surface area contributed by atoms with Crippen molar-refractivity contribution < 1.29 is 14.3 Å². The molecule has 6 nitrogen and oxygen atoms in total. The number of nitrogens with one attached hydrogen (secondary N) is 2. The zero-order valence-electron chi connectivity index (χ0n) is 15.8. The topological polar surface area (TPSA) is 70.7 Å². The van der Waals surface area contributed by atoms with Gasteiger partial charge < -0.3 is 10.1 Å². The number of imide groups is 1. The summed E-state index contributed by atoms with van der Waals surface area (Å²) in [6, 6.07) is 11.2. The van der Waals surface area contributed by atoms with Crippen molar-refractivity contribution in [3.8, 4) is 5.75 Å². The fourth-order valence-electron chi connectivity index (χ4n) is 2.69. The Balaban J connectivity index is 2.27. The predicted octanol–water partition coefficient (Wildman–Crippen LogP) is 2.90. The van der Waals surface area contributed by atoms with E-state index in [0.717, 1.165) is 28.5 Å². The minimum absolute atomic E-state index is 0.344. The van der Waals surface area contributed by atoms with Crippen LogP contribution in [0.5, 0.6) is 5.75 Å². The molecule has 0 bridgehead atoms. The van der Waals surface area contributed by atoms with Crippen LogP contribution in [0.2, 0.25) is 0 Å². The van der Waals surface area contributed by atoms with Gasteiger partial charge in [-0.1, -0.05) is 37.3 Å². The Kier molecular flexibility index (Phi) is 6.97. The van der Waals surface area contributed by atoms with Gasteiger partial charge in [0.05, 0.1) is 12.6 Å². The number of hydrogen-bond acceptors (Lipinski definition) is 4. The molecule has 0 saturated carbocycles. The average molecular weight is 357 g/mol. The number of fused-ring (bicyclic) bond motifs is 1. The normalized spacial score (nSPS) is 12.0. The van der Waals surface area contributed by atoms with E-state index < -0.39 is 12.1 Å². The summed E-state index contributed by atoms with van der Waals surface area (Å²) in [4.78, 5) is 25.5. The summed E-state index contributed by atoms with van der Waals surface area (Å²) in [5.74, 6) is 0.486. The van der Waals surface area contributed by atoms with Crippen molar-refractivity contribution in [2.45, 2.75) is 32.9 Å². The quantitative estimate of drug-likeness (QED) is 0.799. The van der Waals surface area contributed by atoms with Gasteiger partial charge in [-0.15, -0.1) is 0 Å². The lowest BCUT2D eigenvalue weighted by atomic mass is 10.0. The summed E-state index contributed by atoms with van der Waals surface area (Å²) in [5, 5.41) is 6.94. The van der Waals surface area contributed by atoms with Crippen LogP contribution >= 0.6 is 0 Å². The summed E-state index contributed by atoms with van der Waals surface area (Å²) in [5.41, 5.74) is 1.04. The number of nitrogens with zero attached hydrogens (tertiary/aromatic N) is 1. The van der Waals surface area contributed by atoms with Gasteiger partial charge in [0.15, 0.2) is 0 Å². The summed E-state index contributed by atoms with van der Waals surface area (Å²) >= 11 is 0. The highest BCUT2D eigenvalue weighted by molar-refractivity contribution is 5.96. The first-order valence-corrected chi connectivity index (χ1v) is 8.84. The Morgan fingerprint density at radius 2 is 1.92 bits per heavy atom. The van der Waals surface area contributed by atoms with Gasteiger partial charge in [-0.2, -0.15) is 0 Å². The molecule has 2 N–H and O–H groups in total. The molecule has 1 atom stereocenters. The van der Waals surface area contributed by atoms with Crippen LogP contribution in [0.15, 0.2) is 36.4 Å². The Labute approximate surface area is 154 Å². The van der Waals surface area contributed by atoms with Crippen molar-refractivity contribution in [1.82, 2.24) is 15.5 Å². The number of likely N-dealkylation sites (N-methyl/N-ethyl adjacent to an activating group) is 1. The summed E-state index contributed by atoms with van der Waals surface area (Å²) in [6.45, 7) is 5.01. The summed E-state index contributed by atoms with van der Waals surface area (Å²) < 4.78 is 5.93. The molecular weight excluding hydrogens is 330 g/mol. The molecule has 0 saturated heterocycles. The molecule has 0 radical (unpaired) electrons. The van der Waals surface area contributed by atoms with E-state index >= 15 is 0 Å². The first-order chi connectivity index (χ1) is 12.5. The van der Waals surface area contributed by atoms with E-state index in [2.05, 4.69) is 29.7 Å². The van der Waals surface area contributed by atoms with E-state index in [-0.39, 0.29) is 5.91 Å². The molecule has 0 aliphatic carbocycles. The van der Waals surface area contributed by atoms with Crippen LogP contribution in [0, 0.1) is 0 Å². The molecule has 1 unspecified atom stereocenters. The van der Waals surface area contributed by atoms with Crippen LogP contribution < -0.4 is 15.4 Å². The minimum Gasteiger partial charge on any atom is -0.493 e. The molecule has 0 aromatic heterocycles. The molecule has 0 fully saturated rings. The first kappa shape index (κ1) is 19.7. The maximum atomic E-state index is 12.2. The second kappa shape index (κ2) is 9.20. The van der Waals surface area contributed by atoms with Crippen LogP contribution in [0.4, 0.5) is 4.79 Å². The van der Waals surface area contributed by atoms with Crippen molar-refractivity contribution >= 4 is 22.7 Å². The monoisotopic (exact) mass is 357 g/mol. The van der Waals surface area contributed by atoms with Crippen LogP contribution in [0.1, 0.15) is 25.8 Å². The smallest absolute Gasteiger partial charge is 0.321 e. The van der Waals surface area contributed by atoms with E-state index in [1.54, 1.807) is 6.92 Å². The molecule has 2 aromatic carbocycles. The third-order valence-electron chi connectivity index (χ3n) is 4.37. The summed E-state index contributed by atoms with van der Waals surface area (Å²) in [7, 11) is 3.34. The number of ether oxygens (including phenoxy) is 1. The number of carbonyl (C=O) groups is 2. The molecule has 3 amide bonds. The lowest BCUT2D eigenvalue weighted by Crippen LogP contribution is -2.47. The molecule has 0 aliphatic heterocycles. The molecule has 140 valence electrons. The average Bonchev–Trinajstić information content (AvgIpc) is 2.66. The zero-order chi connectivity index (χ0) is 19.1. The number of benzene rings is 2. The summed E-state index contributed by atoms with van der Waals surface area (Å²) in [6.07, 6.45) is 0.924. The highest BCUT2D eigenvalue weighted by atomic mass is 16.5. The second-order valence-corrected chi connectivity index (χ2v) is 6.27. The number of amides is 3. The second-order valence-electron chi connectivity index (χ2n) is 6.27. The largest absolute Gasteiger partial charge is 0.493 e. The molecule has 26 heavy (non-hydrogen) atoms. The van der Waals surface area contributed by atoms with Crippen molar-refractivity contribution in [1.29, 1.82) is 0 Å². The van der Waals surface area contributed by atoms with Crippen molar-refractivity contribution in [3.63, 3.8) is 0 Å². The third-order valence-corrected chi connectivity index (χ3v) is 4.37. The molecule has 2 rings (SSSR count). The maximum Gasteiger partial charge on any atom is 0.321 e. The van der Waals surface area contributed by atoms with E-state index in [0.29, 0.717) is 13.2 Å². The fraction of sp³-hybridized carbons (Fsp3) is 0.400. The van der Waals surface area contributed by atoms with Crippen molar-refractivity contribution in [2.24, 2.45) is 0 Å². The zero-order valence-corrected chi connectivity index (χ0v) is 15.8. The highest BCUT2D eigenvalue weighted by Gasteiger charge is 2.21. The molecule has 6 heteroatoms. The van der Waals surface area contributed by atoms with Crippen molar-refractivity contribution in [2.75, 3.05) is 20.7 Å². The van der Waals surface area contributed by atoms with Crippen LogP contribution in [-0.2, 0) is 11.3 Å². The van der Waals surface area contributed by atoms with E-state index in [4.69, 9.17) is 4.74 Å².